The van der Waals surface area contributed by atoms with Gasteiger partial charge in [-0.25, -0.2) is 4.39 Å². The average molecular weight is 282 g/mol. The van der Waals surface area contributed by atoms with Gasteiger partial charge < -0.3 is 5.32 Å². The topological polar surface area (TPSA) is 12.0 Å². The minimum atomic E-state index is -0.277. The van der Waals surface area contributed by atoms with Crippen LogP contribution in [0.2, 0.25) is 5.02 Å². The second-order valence-corrected chi connectivity index (χ2v) is 5.48. The highest BCUT2D eigenvalue weighted by Gasteiger charge is 2.20. The van der Waals surface area contributed by atoms with Crippen molar-refractivity contribution in [1.82, 2.24) is 5.32 Å². The van der Waals surface area contributed by atoms with Gasteiger partial charge in [0, 0.05) is 5.02 Å². The van der Waals surface area contributed by atoms with Gasteiger partial charge in [0.15, 0.2) is 0 Å². The van der Waals surface area contributed by atoms with Crippen molar-refractivity contribution in [3.63, 3.8) is 0 Å². The molecule has 1 aliphatic carbocycles. The van der Waals surface area contributed by atoms with Crippen molar-refractivity contribution >= 4 is 11.6 Å². The molecule has 1 atom stereocenters. The number of benzene rings is 1. The van der Waals surface area contributed by atoms with Crippen LogP contribution in [0.25, 0.3) is 0 Å². The lowest BCUT2D eigenvalue weighted by Gasteiger charge is -2.25. The molecule has 19 heavy (non-hydrogen) atoms. The molecule has 1 aliphatic rings. The Kier molecular flexibility index (Phi) is 5.41. The van der Waals surface area contributed by atoms with Crippen molar-refractivity contribution in [1.29, 1.82) is 0 Å². The van der Waals surface area contributed by atoms with E-state index in [1.165, 1.54) is 30.5 Å². The predicted molar refractivity (Wildman–Crippen MR) is 79.0 cm³/mol. The van der Waals surface area contributed by atoms with E-state index in [2.05, 4.69) is 18.3 Å². The Hall–Kier alpha value is -0.860. The minimum absolute atomic E-state index is 0.133. The van der Waals surface area contributed by atoms with Crippen molar-refractivity contribution in [3.8, 4) is 0 Å². The Bertz CT molecular complexity index is 456. The fourth-order valence-electron chi connectivity index (χ4n) is 2.59. The van der Waals surface area contributed by atoms with Gasteiger partial charge in [-0.2, -0.15) is 0 Å². The molecular weight excluding hydrogens is 261 g/mol. The highest BCUT2D eigenvalue weighted by molar-refractivity contribution is 6.31. The summed E-state index contributed by atoms with van der Waals surface area (Å²) >= 11 is 6.22. The molecule has 0 saturated carbocycles. The highest BCUT2D eigenvalue weighted by Crippen LogP contribution is 2.33. The van der Waals surface area contributed by atoms with Gasteiger partial charge in [-0.15, -0.1) is 0 Å². The van der Waals surface area contributed by atoms with Crippen LogP contribution in [0.4, 0.5) is 4.39 Å². The maximum Gasteiger partial charge on any atom is 0.124 e. The first-order chi connectivity index (χ1) is 9.22. The molecule has 1 aromatic carbocycles. The molecule has 0 amide bonds. The number of halogens is 2. The molecule has 0 radical (unpaired) electrons. The first kappa shape index (κ1) is 14.5. The zero-order valence-electron chi connectivity index (χ0n) is 11.4. The zero-order valence-corrected chi connectivity index (χ0v) is 12.1. The normalized spacial score (nSPS) is 17.1. The molecule has 0 aromatic heterocycles. The standard InChI is InChI=1S/C16H21ClFN/c1-2-10-19-16(12-6-4-3-5-7-12)14-9-8-13(18)11-15(14)17/h6,8-9,11,16,19H,2-5,7,10H2,1H3. The number of nitrogens with one attached hydrogen (secondary N) is 1. The Morgan fingerprint density at radius 2 is 2.21 bits per heavy atom. The molecule has 0 heterocycles. The summed E-state index contributed by atoms with van der Waals surface area (Å²) < 4.78 is 13.2. The van der Waals surface area contributed by atoms with E-state index in [1.807, 2.05) is 0 Å². The van der Waals surface area contributed by atoms with Crippen LogP contribution in [0.5, 0.6) is 0 Å². The van der Waals surface area contributed by atoms with Gasteiger partial charge in [0.05, 0.1) is 6.04 Å². The van der Waals surface area contributed by atoms with Gasteiger partial charge in [-0.1, -0.05) is 36.2 Å². The molecule has 0 saturated heterocycles. The number of rotatable bonds is 5. The Labute approximate surface area is 119 Å². The van der Waals surface area contributed by atoms with E-state index < -0.39 is 0 Å². The molecule has 1 unspecified atom stereocenters. The van der Waals surface area contributed by atoms with Crippen molar-refractivity contribution in [2.45, 2.75) is 45.1 Å². The molecule has 0 fully saturated rings. The molecule has 0 bridgehead atoms. The lowest BCUT2D eigenvalue weighted by molar-refractivity contribution is 0.545. The smallest absolute Gasteiger partial charge is 0.124 e. The summed E-state index contributed by atoms with van der Waals surface area (Å²) in [5.74, 6) is -0.277. The quantitative estimate of drug-likeness (QED) is 0.747. The summed E-state index contributed by atoms with van der Waals surface area (Å²) in [6, 6.07) is 4.83. The van der Waals surface area contributed by atoms with Crippen molar-refractivity contribution in [2.24, 2.45) is 0 Å². The number of allylic oxidation sites excluding steroid dienone is 1. The Morgan fingerprint density at radius 1 is 1.37 bits per heavy atom. The molecule has 2 rings (SSSR count). The monoisotopic (exact) mass is 281 g/mol. The van der Waals surface area contributed by atoms with E-state index in [0.717, 1.165) is 31.4 Å². The van der Waals surface area contributed by atoms with Gasteiger partial charge in [0.1, 0.15) is 5.82 Å². The van der Waals surface area contributed by atoms with Gasteiger partial charge in [-0.05, 0) is 56.3 Å². The molecule has 0 spiro atoms. The van der Waals surface area contributed by atoms with Crippen LogP contribution in [0.15, 0.2) is 29.8 Å². The molecule has 1 N–H and O–H groups in total. The second-order valence-electron chi connectivity index (χ2n) is 5.08. The van der Waals surface area contributed by atoms with Crippen LogP contribution in [0.1, 0.15) is 50.6 Å². The molecule has 104 valence electrons. The SMILES string of the molecule is CCCNC(C1=CCCCC1)c1ccc(F)cc1Cl. The van der Waals surface area contributed by atoms with Crippen molar-refractivity contribution in [3.05, 3.63) is 46.3 Å². The largest absolute Gasteiger partial charge is 0.306 e. The third-order valence-corrected chi connectivity index (χ3v) is 3.90. The summed E-state index contributed by atoms with van der Waals surface area (Å²) in [4.78, 5) is 0. The summed E-state index contributed by atoms with van der Waals surface area (Å²) in [5.41, 5.74) is 2.39. The minimum Gasteiger partial charge on any atom is -0.306 e. The molecule has 1 aromatic rings. The first-order valence-corrected chi connectivity index (χ1v) is 7.47. The second kappa shape index (κ2) is 7.06. The molecular formula is C16H21ClFN. The third-order valence-electron chi connectivity index (χ3n) is 3.57. The van der Waals surface area contributed by atoms with E-state index in [1.54, 1.807) is 6.07 Å². The lowest BCUT2D eigenvalue weighted by atomic mass is 9.89. The Morgan fingerprint density at radius 3 is 2.84 bits per heavy atom. The molecule has 3 heteroatoms. The van der Waals surface area contributed by atoms with Gasteiger partial charge in [0.2, 0.25) is 0 Å². The van der Waals surface area contributed by atoms with Gasteiger partial charge in [-0.3, -0.25) is 0 Å². The maximum absolute atomic E-state index is 13.2. The van der Waals surface area contributed by atoms with Gasteiger partial charge >= 0.3 is 0 Å². The van der Waals surface area contributed by atoms with E-state index in [9.17, 15) is 4.39 Å². The summed E-state index contributed by atoms with van der Waals surface area (Å²) in [5, 5.41) is 4.05. The van der Waals surface area contributed by atoms with Crippen molar-refractivity contribution < 1.29 is 4.39 Å². The first-order valence-electron chi connectivity index (χ1n) is 7.09. The maximum atomic E-state index is 13.2. The van der Waals surface area contributed by atoms with Crippen LogP contribution >= 0.6 is 11.6 Å². The summed E-state index contributed by atoms with van der Waals surface area (Å²) in [6.07, 6.45) is 8.13. The fraction of sp³-hybridized carbons (Fsp3) is 0.500. The van der Waals surface area contributed by atoms with Crippen LogP contribution in [-0.4, -0.2) is 6.54 Å². The Balaban J connectivity index is 2.27. The third kappa shape index (κ3) is 3.80. The van der Waals surface area contributed by atoms with Gasteiger partial charge in [0.25, 0.3) is 0 Å². The number of hydrogen-bond acceptors (Lipinski definition) is 1. The highest BCUT2D eigenvalue weighted by atomic mass is 35.5. The van der Waals surface area contributed by atoms with E-state index in [0.29, 0.717) is 5.02 Å². The average Bonchev–Trinajstić information content (AvgIpc) is 2.42. The lowest BCUT2D eigenvalue weighted by Crippen LogP contribution is -2.25. The van der Waals surface area contributed by atoms with Crippen LogP contribution in [0, 0.1) is 5.82 Å². The summed E-state index contributed by atoms with van der Waals surface area (Å²) in [7, 11) is 0. The van der Waals surface area contributed by atoms with E-state index >= 15 is 0 Å². The van der Waals surface area contributed by atoms with Crippen molar-refractivity contribution in [2.75, 3.05) is 6.54 Å². The van der Waals surface area contributed by atoms with E-state index in [4.69, 9.17) is 11.6 Å². The van der Waals surface area contributed by atoms with Crippen LogP contribution in [-0.2, 0) is 0 Å². The predicted octanol–water partition coefficient (Wildman–Crippen LogP) is 5.02. The molecule has 0 aliphatic heterocycles. The summed E-state index contributed by atoms with van der Waals surface area (Å²) in [6.45, 7) is 3.08. The molecule has 1 nitrogen and oxygen atoms in total. The van der Waals surface area contributed by atoms with Crippen LogP contribution in [0.3, 0.4) is 0 Å². The number of hydrogen-bond donors (Lipinski definition) is 1. The fourth-order valence-corrected chi connectivity index (χ4v) is 2.87. The zero-order chi connectivity index (χ0) is 13.7. The van der Waals surface area contributed by atoms with E-state index in [-0.39, 0.29) is 11.9 Å². The van der Waals surface area contributed by atoms with Crippen LogP contribution < -0.4 is 5.32 Å².